The summed E-state index contributed by atoms with van der Waals surface area (Å²) < 4.78 is 38.5. The predicted molar refractivity (Wildman–Crippen MR) is 88.4 cm³/mol. The molecule has 8 heteroatoms. The summed E-state index contributed by atoms with van der Waals surface area (Å²) in [4.78, 5) is 23.0. The number of carbonyl (C=O) groups excluding carboxylic acids is 2. The number of carbonyl (C=O) groups is 2. The Kier molecular flexibility index (Phi) is 5.69. The average Bonchev–Trinajstić information content (AvgIpc) is 2.54. The van der Waals surface area contributed by atoms with E-state index in [-0.39, 0.29) is 17.2 Å². The highest BCUT2D eigenvalue weighted by Crippen LogP contribution is 2.36. The van der Waals surface area contributed by atoms with Crippen LogP contribution >= 0.6 is 11.6 Å². The monoisotopic (exact) mass is 370 g/mol. The van der Waals surface area contributed by atoms with Gasteiger partial charge in [-0.05, 0) is 35.9 Å². The average molecular weight is 371 g/mol. The van der Waals surface area contributed by atoms with Crippen molar-refractivity contribution in [3.05, 3.63) is 64.2 Å². The first-order valence-electron chi connectivity index (χ1n) is 7.18. The van der Waals surface area contributed by atoms with Crippen molar-refractivity contribution in [1.29, 1.82) is 0 Å². The van der Waals surface area contributed by atoms with Gasteiger partial charge in [0.1, 0.15) is 0 Å². The summed E-state index contributed by atoms with van der Waals surface area (Å²) in [7, 11) is 0. The van der Waals surface area contributed by atoms with Gasteiger partial charge in [0.15, 0.2) is 0 Å². The zero-order chi connectivity index (χ0) is 18.6. The van der Waals surface area contributed by atoms with Gasteiger partial charge in [0.2, 0.25) is 5.91 Å². The Labute approximate surface area is 147 Å². The van der Waals surface area contributed by atoms with Gasteiger partial charge in [0.25, 0.3) is 5.91 Å². The second kappa shape index (κ2) is 7.57. The van der Waals surface area contributed by atoms with Crippen LogP contribution in [0.15, 0.2) is 42.5 Å². The summed E-state index contributed by atoms with van der Waals surface area (Å²) in [5.41, 5.74) is 0.0364. The van der Waals surface area contributed by atoms with Gasteiger partial charge in [-0.15, -0.1) is 0 Å². The van der Waals surface area contributed by atoms with Crippen LogP contribution in [0.5, 0.6) is 0 Å². The van der Waals surface area contributed by atoms with Crippen LogP contribution in [0.25, 0.3) is 0 Å². The molecule has 0 saturated carbocycles. The van der Waals surface area contributed by atoms with Crippen molar-refractivity contribution in [2.45, 2.75) is 19.6 Å². The molecule has 25 heavy (non-hydrogen) atoms. The van der Waals surface area contributed by atoms with E-state index in [4.69, 9.17) is 11.6 Å². The van der Waals surface area contributed by atoms with Crippen LogP contribution < -0.4 is 10.6 Å². The lowest BCUT2D eigenvalue weighted by Gasteiger charge is -2.12. The third kappa shape index (κ3) is 5.22. The fourth-order valence-electron chi connectivity index (χ4n) is 2.02. The molecule has 0 bridgehead atoms. The molecule has 2 rings (SSSR count). The Bertz CT molecular complexity index is 789. The van der Waals surface area contributed by atoms with Crippen LogP contribution in [0.3, 0.4) is 0 Å². The third-order valence-corrected chi connectivity index (χ3v) is 3.62. The number of alkyl halides is 3. The van der Waals surface area contributed by atoms with Gasteiger partial charge in [-0.1, -0.05) is 23.7 Å². The lowest BCUT2D eigenvalue weighted by molar-refractivity contribution is -0.137. The minimum absolute atomic E-state index is 0.0101. The zero-order valence-corrected chi connectivity index (χ0v) is 13.8. The van der Waals surface area contributed by atoms with Gasteiger partial charge in [-0.25, -0.2) is 0 Å². The van der Waals surface area contributed by atoms with E-state index in [2.05, 4.69) is 10.6 Å². The number of anilines is 1. The SMILES string of the molecule is CC(=O)NCc1ccc(C(=O)Nc2ccc(Cl)c(C(F)(F)F)c2)cc1. The van der Waals surface area contributed by atoms with Crippen LogP contribution in [-0.4, -0.2) is 11.8 Å². The van der Waals surface area contributed by atoms with Crippen molar-refractivity contribution in [2.24, 2.45) is 0 Å². The summed E-state index contributed by atoms with van der Waals surface area (Å²) in [5.74, 6) is -0.730. The van der Waals surface area contributed by atoms with Crippen molar-refractivity contribution in [3.8, 4) is 0 Å². The molecular weight excluding hydrogens is 357 g/mol. The largest absolute Gasteiger partial charge is 0.417 e. The Morgan fingerprint density at radius 2 is 1.72 bits per heavy atom. The van der Waals surface area contributed by atoms with Gasteiger partial charge in [-0.2, -0.15) is 13.2 Å². The molecule has 0 unspecified atom stereocenters. The number of hydrogen-bond donors (Lipinski definition) is 2. The van der Waals surface area contributed by atoms with E-state index in [0.29, 0.717) is 6.54 Å². The molecule has 0 aromatic heterocycles. The molecule has 0 heterocycles. The fraction of sp³-hybridized carbons (Fsp3) is 0.176. The molecule has 0 atom stereocenters. The molecule has 0 radical (unpaired) electrons. The maximum atomic E-state index is 12.8. The Morgan fingerprint density at radius 1 is 1.08 bits per heavy atom. The predicted octanol–water partition coefficient (Wildman–Crippen LogP) is 4.25. The summed E-state index contributed by atoms with van der Waals surface area (Å²) >= 11 is 5.54. The van der Waals surface area contributed by atoms with Crippen LogP contribution in [0, 0.1) is 0 Å². The Morgan fingerprint density at radius 3 is 2.28 bits per heavy atom. The quantitative estimate of drug-likeness (QED) is 0.845. The third-order valence-electron chi connectivity index (χ3n) is 3.29. The molecule has 0 saturated heterocycles. The molecule has 0 spiro atoms. The highest BCUT2D eigenvalue weighted by atomic mass is 35.5. The zero-order valence-electron chi connectivity index (χ0n) is 13.1. The van der Waals surface area contributed by atoms with Crippen LogP contribution in [-0.2, 0) is 17.5 Å². The van der Waals surface area contributed by atoms with E-state index < -0.39 is 22.7 Å². The van der Waals surface area contributed by atoms with Crippen molar-refractivity contribution in [3.63, 3.8) is 0 Å². The molecule has 0 fully saturated rings. The molecule has 0 aliphatic carbocycles. The summed E-state index contributed by atoms with van der Waals surface area (Å²) in [5, 5.41) is 4.58. The summed E-state index contributed by atoms with van der Waals surface area (Å²) in [6, 6.07) is 9.49. The Hall–Kier alpha value is -2.54. The molecule has 0 aliphatic heterocycles. The van der Waals surface area contributed by atoms with Gasteiger partial charge in [0.05, 0.1) is 10.6 Å². The summed E-state index contributed by atoms with van der Waals surface area (Å²) in [6.07, 6.45) is -4.61. The number of rotatable bonds is 4. The van der Waals surface area contributed by atoms with E-state index in [1.54, 1.807) is 12.1 Å². The van der Waals surface area contributed by atoms with Crippen molar-refractivity contribution < 1.29 is 22.8 Å². The lowest BCUT2D eigenvalue weighted by atomic mass is 10.1. The van der Waals surface area contributed by atoms with Crippen molar-refractivity contribution in [2.75, 3.05) is 5.32 Å². The number of nitrogens with one attached hydrogen (secondary N) is 2. The van der Waals surface area contributed by atoms with E-state index in [1.165, 1.54) is 25.1 Å². The first kappa shape index (κ1) is 18.8. The standard InChI is InChI=1S/C17H14ClF3N2O2/c1-10(24)22-9-11-2-4-12(5-3-11)16(25)23-13-6-7-15(18)14(8-13)17(19,20)21/h2-8H,9H2,1H3,(H,22,24)(H,23,25). The van der Waals surface area contributed by atoms with Gasteiger partial charge >= 0.3 is 6.18 Å². The molecule has 2 aromatic rings. The minimum Gasteiger partial charge on any atom is -0.352 e. The van der Waals surface area contributed by atoms with Crippen molar-refractivity contribution in [1.82, 2.24) is 5.32 Å². The maximum absolute atomic E-state index is 12.8. The van der Waals surface area contributed by atoms with E-state index in [9.17, 15) is 22.8 Å². The Balaban J connectivity index is 2.10. The van der Waals surface area contributed by atoms with E-state index >= 15 is 0 Å². The minimum atomic E-state index is -4.61. The molecule has 2 aromatic carbocycles. The molecular formula is C17H14ClF3N2O2. The highest BCUT2D eigenvalue weighted by Gasteiger charge is 2.33. The van der Waals surface area contributed by atoms with Crippen molar-refractivity contribution >= 4 is 29.1 Å². The second-order valence-electron chi connectivity index (χ2n) is 5.25. The normalized spacial score (nSPS) is 11.1. The number of benzene rings is 2. The molecule has 0 aliphatic rings. The molecule has 2 N–H and O–H groups in total. The highest BCUT2D eigenvalue weighted by molar-refractivity contribution is 6.31. The van der Waals surface area contributed by atoms with Gasteiger partial charge in [0, 0.05) is 24.7 Å². The molecule has 132 valence electrons. The first-order valence-corrected chi connectivity index (χ1v) is 7.56. The topological polar surface area (TPSA) is 58.2 Å². The molecule has 4 nitrogen and oxygen atoms in total. The maximum Gasteiger partial charge on any atom is 0.417 e. The van der Waals surface area contributed by atoms with Gasteiger partial charge in [-0.3, -0.25) is 9.59 Å². The van der Waals surface area contributed by atoms with Gasteiger partial charge < -0.3 is 10.6 Å². The van der Waals surface area contributed by atoms with Crippen LogP contribution in [0.2, 0.25) is 5.02 Å². The lowest BCUT2D eigenvalue weighted by Crippen LogP contribution is -2.19. The number of halogens is 4. The van der Waals surface area contributed by atoms with E-state index in [1.807, 2.05) is 0 Å². The second-order valence-corrected chi connectivity index (χ2v) is 5.66. The van der Waals surface area contributed by atoms with E-state index in [0.717, 1.165) is 17.7 Å². The molecule has 2 amide bonds. The number of hydrogen-bond acceptors (Lipinski definition) is 2. The first-order chi connectivity index (χ1) is 11.7. The summed E-state index contributed by atoms with van der Waals surface area (Å²) in [6.45, 7) is 1.71. The fourth-order valence-corrected chi connectivity index (χ4v) is 2.25. The van der Waals surface area contributed by atoms with Crippen LogP contribution in [0.4, 0.5) is 18.9 Å². The van der Waals surface area contributed by atoms with Crippen LogP contribution in [0.1, 0.15) is 28.4 Å². The smallest absolute Gasteiger partial charge is 0.352 e. The number of amides is 2.